The van der Waals surface area contributed by atoms with Gasteiger partial charge in [0.15, 0.2) is 11.9 Å². The van der Waals surface area contributed by atoms with Gasteiger partial charge in [0, 0.05) is 15.5 Å². The number of thioether (sulfide) groups is 1. The summed E-state index contributed by atoms with van der Waals surface area (Å²) in [6, 6.07) is 8.02. The zero-order chi connectivity index (χ0) is 16.8. The summed E-state index contributed by atoms with van der Waals surface area (Å²) in [5, 5.41) is 0.814. The minimum absolute atomic E-state index is 0.00754. The quantitative estimate of drug-likeness (QED) is 0.642. The summed E-state index contributed by atoms with van der Waals surface area (Å²) in [5.41, 5.74) is 1.23. The molecule has 1 aliphatic carbocycles. The predicted molar refractivity (Wildman–Crippen MR) is 102 cm³/mol. The molecule has 0 bridgehead atoms. The number of nitrogens with one attached hydrogen (secondary N) is 1. The van der Waals surface area contributed by atoms with Gasteiger partial charge < -0.3 is 9.72 Å². The van der Waals surface area contributed by atoms with Crippen molar-refractivity contribution in [2.45, 2.75) is 43.1 Å². The molecule has 1 atom stereocenters. The lowest BCUT2D eigenvalue weighted by atomic mass is 10.1. The molecule has 2 aromatic heterocycles. The van der Waals surface area contributed by atoms with Crippen molar-refractivity contribution in [2.75, 3.05) is 5.75 Å². The summed E-state index contributed by atoms with van der Waals surface area (Å²) in [6.07, 6.45) is 5.50. The number of benzene rings is 1. The molecule has 0 saturated carbocycles. The van der Waals surface area contributed by atoms with Crippen LogP contribution >= 0.6 is 23.1 Å². The molecule has 0 amide bonds. The molecular weight excluding hydrogens is 352 g/mol. The van der Waals surface area contributed by atoms with Crippen LogP contribution in [0.25, 0.3) is 10.2 Å². The normalized spacial score (nSPS) is 19.8. The van der Waals surface area contributed by atoms with E-state index in [9.17, 15) is 4.79 Å². The second kappa shape index (κ2) is 6.18. The fraction of sp³-hybridized carbons (Fsp3) is 0.368. The molecule has 1 N–H and O–H groups in total. The number of rotatable bonds is 1. The van der Waals surface area contributed by atoms with Crippen molar-refractivity contribution in [3.8, 4) is 5.75 Å². The number of aromatic nitrogens is 2. The van der Waals surface area contributed by atoms with E-state index in [0.29, 0.717) is 5.82 Å². The predicted octanol–water partition coefficient (Wildman–Crippen LogP) is 4.48. The summed E-state index contributed by atoms with van der Waals surface area (Å²) < 4.78 is 6.10. The minimum atomic E-state index is -0.209. The SMILES string of the molecule is O=c1[nH]c([C@H]2CSc3ccccc3O2)nc2sc3c(c12)CCCCC3. The lowest BCUT2D eigenvalue weighted by Crippen LogP contribution is -2.21. The van der Waals surface area contributed by atoms with Crippen LogP contribution in [-0.2, 0) is 12.8 Å². The maximum Gasteiger partial charge on any atom is 0.260 e. The third-order valence-corrected chi connectivity index (χ3v) is 7.21. The maximum absolute atomic E-state index is 12.8. The highest BCUT2D eigenvalue weighted by Crippen LogP contribution is 2.40. The fourth-order valence-corrected chi connectivity index (χ4v) is 5.92. The number of ether oxygens (including phenoxy) is 1. The molecule has 6 heteroatoms. The van der Waals surface area contributed by atoms with Crippen LogP contribution in [0.3, 0.4) is 0 Å². The van der Waals surface area contributed by atoms with Gasteiger partial charge in [-0.05, 0) is 43.4 Å². The Morgan fingerprint density at radius 1 is 1.16 bits per heavy atom. The minimum Gasteiger partial charge on any atom is -0.480 e. The van der Waals surface area contributed by atoms with Crippen molar-refractivity contribution in [1.82, 2.24) is 9.97 Å². The standard InChI is InChI=1S/C19H18N2O2S2/c22-18-16-11-6-2-1-3-8-14(11)25-19(16)21-17(20-18)13-10-24-15-9-5-4-7-12(15)23-13/h4-5,7,9,13H,1-3,6,8,10H2,(H,20,21,22)/t13-/m1/s1. The Bertz CT molecular complexity index is 1010. The summed E-state index contributed by atoms with van der Waals surface area (Å²) in [5.74, 6) is 2.28. The van der Waals surface area contributed by atoms with Crippen LogP contribution in [0.4, 0.5) is 0 Å². The first-order valence-corrected chi connectivity index (χ1v) is 10.5. The van der Waals surface area contributed by atoms with Crippen molar-refractivity contribution in [2.24, 2.45) is 0 Å². The topological polar surface area (TPSA) is 55.0 Å². The van der Waals surface area contributed by atoms with Gasteiger partial charge in [-0.15, -0.1) is 23.1 Å². The van der Waals surface area contributed by atoms with E-state index < -0.39 is 0 Å². The molecular formula is C19H18N2O2S2. The smallest absolute Gasteiger partial charge is 0.260 e. The zero-order valence-corrected chi connectivity index (χ0v) is 15.3. The van der Waals surface area contributed by atoms with Crippen molar-refractivity contribution < 1.29 is 4.74 Å². The number of H-pyrrole nitrogens is 1. The number of para-hydroxylation sites is 1. The van der Waals surface area contributed by atoms with E-state index in [1.165, 1.54) is 29.7 Å². The highest BCUT2D eigenvalue weighted by Gasteiger charge is 2.26. The second-order valence-corrected chi connectivity index (χ2v) is 8.71. The van der Waals surface area contributed by atoms with Crippen LogP contribution in [0, 0.1) is 0 Å². The number of aromatic amines is 1. The first-order chi connectivity index (χ1) is 12.3. The monoisotopic (exact) mass is 370 g/mol. The molecule has 4 nitrogen and oxygen atoms in total. The van der Waals surface area contributed by atoms with E-state index >= 15 is 0 Å². The van der Waals surface area contributed by atoms with Crippen molar-refractivity contribution in [1.29, 1.82) is 0 Å². The Labute approximate surface area is 153 Å². The van der Waals surface area contributed by atoms with Crippen LogP contribution in [0.2, 0.25) is 0 Å². The van der Waals surface area contributed by atoms with Gasteiger partial charge in [-0.1, -0.05) is 18.6 Å². The molecule has 0 saturated heterocycles. The highest BCUT2D eigenvalue weighted by molar-refractivity contribution is 7.99. The van der Waals surface area contributed by atoms with E-state index in [0.717, 1.165) is 39.5 Å². The summed E-state index contributed by atoms with van der Waals surface area (Å²) in [6.45, 7) is 0. The van der Waals surface area contributed by atoms with Crippen molar-refractivity contribution >= 4 is 33.3 Å². The van der Waals surface area contributed by atoms with Gasteiger partial charge in [-0.3, -0.25) is 4.79 Å². The second-order valence-electron chi connectivity index (χ2n) is 6.56. The molecule has 5 rings (SSSR count). The van der Waals surface area contributed by atoms with E-state index in [1.807, 2.05) is 18.2 Å². The summed E-state index contributed by atoms with van der Waals surface area (Å²) in [7, 11) is 0. The molecule has 128 valence electrons. The van der Waals surface area contributed by atoms with Crippen LogP contribution in [-0.4, -0.2) is 15.7 Å². The number of hydrogen-bond donors (Lipinski definition) is 1. The molecule has 3 heterocycles. The van der Waals surface area contributed by atoms with Crippen LogP contribution < -0.4 is 10.3 Å². The van der Waals surface area contributed by atoms with Crippen LogP contribution in [0.1, 0.15) is 41.6 Å². The molecule has 25 heavy (non-hydrogen) atoms. The number of aryl methyl sites for hydroxylation is 2. The van der Waals surface area contributed by atoms with Crippen molar-refractivity contribution in [3.63, 3.8) is 0 Å². The molecule has 0 radical (unpaired) electrons. The van der Waals surface area contributed by atoms with Gasteiger partial charge in [0.1, 0.15) is 10.6 Å². The fourth-order valence-electron chi connectivity index (χ4n) is 3.66. The largest absolute Gasteiger partial charge is 0.480 e. The Hall–Kier alpha value is -1.79. The first-order valence-electron chi connectivity index (χ1n) is 8.72. The molecule has 1 aromatic carbocycles. The van der Waals surface area contributed by atoms with Gasteiger partial charge in [0.05, 0.1) is 5.39 Å². The Morgan fingerprint density at radius 2 is 2.04 bits per heavy atom. The number of hydrogen-bond acceptors (Lipinski definition) is 5. The number of thiophene rings is 1. The average molecular weight is 370 g/mol. The highest BCUT2D eigenvalue weighted by atomic mass is 32.2. The van der Waals surface area contributed by atoms with Crippen LogP contribution in [0.5, 0.6) is 5.75 Å². The zero-order valence-electron chi connectivity index (χ0n) is 13.7. The summed E-state index contributed by atoms with van der Waals surface area (Å²) in [4.78, 5) is 24.0. The molecule has 1 aliphatic heterocycles. The Kier molecular flexibility index (Phi) is 3.82. The van der Waals surface area contributed by atoms with Crippen LogP contribution in [0.15, 0.2) is 34.0 Å². The lowest BCUT2D eigenvalue weighted by molar-refractivity contribution is 0.210. The summed E-state index contributed by atoms with van der Waals surface area (Å²) >= 11 is 3.45. The third kappa shape index (κ3) is 2.68. The van der Waals surface area contributed by atoms with Gasteiger partial charge in [0.25, 0.3) is 5.56 Å². The molecule has 2 aliphatic rings. The number of nitrogens with zero attached hydrogens (tertiary/aromatic N) is 1. The van der Waals surface area contributed by atoms with Gasteiger partial charge in [0.2, 0.25) is 0 Å². The molecule has 0 unspecified atom stereocenters. The Morgan fingerprint density at radius 3 is 3.00 bits per heavy atom. The van der Waals surface area contributed by atoms with E-state index in [1.54, 1.807) is 23.1 Å². The lowest BCUT2D eigenvalue weighted by Gasteiger charge is -2.24. The van der Waals surface area contributed by atoms with Crippen molar-refractivity contribution in [3.05, 3.63) is 50.9 Å². The first kappa shape index (κ1) is 15.5. The van der Waals surface area contributed by atoms with Gasteiger partial charge in [-0.2, -0.15) is 0 Å². The van der Waals surface area contributed by atoms with E-state index in [-0.39, 0.29) is 11.7 Å². The van der Waals surface area contributed by atoms with E-state index in [4.69, 9.17) is 9.72 Å². The molecule has 0 fully saturated rings. The van der Waals surface area contributed by atoms with Gasteiger partial charge >= 0.3 is 0 Å². The maximum atomic E-state index is 12.8. The number of fused-ring (bicyclic) bond motifs is 4. The van der Waals surface area contributed by atoms with E-state index in [2.05, 4.69) is 11.1 Å². The Balaban J connectivity index is 1.56. The molecule has 0 spiro atoms. The third-order valence-electron chi connectivity index (χ3n) is 4.91. The van der Waals surface area contributed by atoms with Gasteiger partial charge in [-0.25, -0.2) is 4.98 Å². The molecule has 3 aromatic rings. The average Bonchev–Trinajstić information content (AvgIpc) is 2.83.